The zero-order valence-electron chi connectivity index (χ0n) is 14.4. The van der Waals surface area contributed by atoms with E-state index in [1.165, 1.54) is 43.0 Å². The first-order chi connectivity index (χ1) is 12.2. The predicted octanol–water partition coefficient (Wildman–Crippen LogP) is 3.35. The van der Waals surface area contributed by atoms with E-state index in [0.29, 0.717) is 17.5 Å². The highest BCUT2D eigenvalue weighted by atomic mass is 32.2. The molecule has 0 aromatic carbocycles. The standard InChI is InChI=1S/C18H23N5OS/c1-13(17(24)20-12-7-14-5-3-2-4-6-14)25-18-21-16(22-23-18)15-8-10-19-11-9-15/h5,8-11,13H,2-4,6-7,12H2,1H3,(H,20,24)(H,21,22,23)/t13-/m0/s1. The number of hydrogen-bond donors (Lipinski definition) is 2. The summed E-state index contributed by atoms with van der Waals surface area (Å²) < 4.78 is 0. The van der Waals surface area contributed by atoms with E-state index in [1.54, 1.807) is 12.4 Å². The largest absolute Gasteiger partial charge is 0.355 e. The maximum absolute atomic E-state index is 12.2. The molecule has 1 atom stereocenters. The molecule has 0 saturated carbocycles. The van der Waals surface area contributed by atoms with Crippen LogP contribution in [0.15, 0.2) is 41.3 Å². The Bertz CT molecular complexity index is 728. The SMILES string of the molecule is C[C@H](Sc1n[nH]c(-c2ccncc2)n1)C(=O)NCCC1=CCCCC1. The summed E-state index contributed by atoms with van der Waals surface area (Å²) in [4.78, 5) is 20.7. The summed E-state index contributed by atoms with van der Waals surface area (Å²) in [6.07, 6.45) is 11.6. The molecule has 1 aliphatic carbocycles. The van der Waals surface area contributed by atoms with Crippen LogP contribution in [0.1, 0.15) is 39.0 Å². The second-order valence-electron chi connectivity index (χ2n) is 6.11. The van der Waals surface area contributed by atoms with Gasteiger partial charge in [-0.25, -0.2) is 4.98 Å². The highest BCUT2D eigenvalue weighted by Crippen LogP contribution is 2.23. The maximum atomic E-state index is 12.2. The van der Waals surface area contributed by atoms with Crippen LogP contribution in [0.2, 0.25) is 0 Å². The number of carbonyl (C=O) groups excluding carboxylic acids is 1. The molecule has 0 bridgehead atoms. The smallest absolute Gasteiger partial charge is 0.233 e. The number of hydrogen-bond acceptors (Lipinski definition) is 5. The Morgan fingerprint density at radius 2 is 2.20 bits per heavy atom. The lowest BCUT2D eigenvalue weighted by Crippen LogP contribution is -2.32. The number of pyridine rings is 1. The van der Waals surface area contributed by atoms with Gasteiger partial charge in [-0.3, -0.25) is 14.9 Å². The molecule has 3 rings (SSSR count). The van der Waals surface area contributed by atoms with E-state index in [9.17, 15) is 4.79 Å². The normalized spacial score (nSPS) is 15.5. The van der Waals surface area contributed by atoms with Crippen molar-refractivity contribution < 1.29 is 4.79 Å². The summed E-state index contributed by atoms with van der Waals surface area (Å²) in [5, 5.41) is 10.4. The molecule has 1 amide bonds. The summed E-state index contributed by atoms with van der Waals surface area (Å²) in [5.41, 5.74) is 2.40. The first-order valence-corrected chi connectivity index (χ1v) is 9.55. The van der Waals surface area contributed by atoms with Crippen LogP contribution in [0.4, 0.5) is 0 Å². The molecule has 2 N–H and O–H groups in total. The van der Waals surface area contributed by atoms with E-state index in [4.69, 9.17) is 0 Å². The maximum Gasteiger partial charge on any atom is 0.233 e. The highest BCUT2D eigenvalue weighted by Gasteiger charge is 2.17. The molecule has 25 heavy (non-hydrogen) atoms. The monoisotopic (exact) mass is 357 g/mol. The summed E-state index contributed by atoms with van der Waals surface area (Å²) >= 11 is 1.36. The topological polar surface area (TPSA) is 83.6 Å². The van der Waals surface area contributed by atoms with Crippen molar-refractivity contribution in [1.82, 2.24) is 25.5 Å². The number of thioether (sulfide) groups is 1. The van der Waals surface area contributed by atoms with E-state index >= 15 is 0 Å². The van der Waals surface area contributed by atoms with Gasteiger partial charge in [-0.15, -0.1) is 5.10 Å². The molecule has 0 saturated heterocycles. The first-order valence-electron chi connectivity index (χ1n) is 8.67. The van der Waals surface area contributed by atoms with Crippen molar-refractivity contribution >= 4 is 17.7 Å². The third-order valence-corrected chi connectivity index (χ3v) is 5.16. The van der Waals surface area contributed by atoms with Crippen LogP contribution in [0.25, 0.3) is 11.4 Å². The van der Waals surface area contributed by atoms with Gasteiger partial charge in [0.05, 0.1) is 5.25 Å². The number of rotatable bonds is 7. The molecule has 0 aliphatic heterocycles. The molecule has 132 valence electrons. The van der Waals surface area contributed by atoms with Gasteiger partial charge in [-0.2, -0.15) is 0 Å². The van der Waals surface area contributed by atoms with Crippen molar-refractivity contribution in [3.8, 4) is 11.4 Å². The number of aromatic amines is 1. The average molecular weight is 357 g/mol. The van der Waals surface area contributed by atoms with Gasteiger partial charge in [0, 0.05) is 24.5 Å². The molecule has 1 aliphatic rings. The molecular formula is C18H23N5OS. The van der Waals surface area contributed by atoms with E-state index in [0.717, 1.165) is 12.0 Å². The number of allylic oxidation sites excluding steroid dienone is 1. The van der Waals surface area contributed by atoms with Gasteiger partial charge < -0.3 is 5.32 Å². The van der Waals surface area contributed by atoms with Gasteiger partial charge in [0.2, 0.25) is 11.1 Å². The Morgan fingerprint density at radius 1 is 1.36 bits per heavy atom. The quantitative estimate of drug-likeness (QED) is 0.586. The zero-order chi connectivity index (χ0) is 17.5. The van der Waals surface area contributed by atoms with Crippen molar-refractivity contribution in [3.05, 3.63) is 36.2 Å². The predicted molar refractivity (Wildman–Crippen MR) is 99.1 cm³/mol. The number of nitrogens with zero attached hydrogens (tertiary/aromatic N) is 3. The van der Waals surface area contributed by atoms with Gasteiger partial charge in [0.15, 0.2) is 5.82 Å². The third kappa shape index (κ3) is 5.16. The fraction of sp³-hybridized carbons (Fsp3) is 0.444. The van der Waals surface area contributed by atoms with Gasteiger partial charge in [-0.1, -0.05) is 23.4 Å². The van der Waals surface area contributed by atoms with Crippen molar-refractivity contribution in [1.29, 1.82) is 0 Å². The Morgan fingerprint density at radius 3 is 2.96 bits per heavy atom. The number of amides is 1. The van der Waals surface area contributed by atoms with Crippen molar-refractivity contribution in [2.24, 2.45) is 0 Å². The Hall–Kier alpha value is -2.15. The molecule has 6 nitrogen and oxygen atoms in total. The molecule has 0 unspecified atom stereocenters. The Kier molecular flexibility index (Phi) is 6.22. The van der Waals surface area contributed by atoms with E-state index < -0.39 is 0 Å². The lowest BCUT2D eigenvalue weighted by Gasteiger charge is -2.14. The van der Waals surface area contributed by atoms with Crippen LogP contribution in [0, 0.1) is 0 Å². The van der Waals surface area contributed by atoms with Crippen LogP contribution in [0.3, 0.4) is 0 Å². The second kappa shape index (κ2) is 8.80. The molecule has 7 heteroatoms. The molecule has 2 aromatic heterocycles. The molecule has 0 fully saturated rings. The molecule has 2 heterocycles. The lowest BCUT2D eigenvalue weighted by molar-refractivity contribution is -0.120. The van der Waals surface area contributed by atoms with Crippen LogP contribution >= 0.6 is 11.8 Å². The molecular weight excluding hydrogens is 334 g/mol. The van der Waals surface area contributed by atoms with Crippen LogP contribution < -0.4 is 5.32 Å². The van der Waals surface area contributed by atoms with Crippen molar-refractivity contribution in [3.63, 3.8) is 0 Å². The average Bonchev–Trinajstić information content (AvgIpc) is 3.12. The van der Waals surface area contributed by atoms with Crippen LogP contribution in [-0.4, -0.2) is 37.9 Å². The van der Waals surface area contributed by atoms with Crippen LogP contribution in [0.5, 0.6) is 0 Å². The second-order valence-corrected chi connectivity index (χ2v) is 7.42. The van der Waals surface area contributed by atoms with Crippen LogP contribution in [-0.2, 0) is 4.79 Å². The van der Waals surface area contributed by atoms with Gasteiger partial charge in [-0.05, 0) is 51.2 Å². The van der Waals surface area contributed by atoms with Crippen molar-refractivity contribution in [2.75, 3.05) is 6.54 Å². The van der Waals surface area contributed by atoms with Gasteiger partial charge in [0.25, 0.3) is 0 Å². The minimum Gasteiger partial charge on any atom is -0.355 e. The minimum atomic E-state index is -0.235. The number of H-pyrrole nitrogens is 1. The summed E-state index contributed by atoms with van der Waals surface area (Å²) in [7, 11) is 0. The fourth-order valence-electron chi connectivity index (χ4n) is 2.77. The van der Waals surface area contributed by atoms with Gasteiger partial charge >= 0.3 is 0 Å². The Balaban J connectivity index is 1.46. The van der Waals surface area contributed by atoms with Gasteiger partial charge in [0.1, 0.15) is 0 Å². The minimum absolute atomic E-state index is 0.0247. The number of aromatic nitrogens is 4. The lowest BCUT2D eigenvalue weighted by atomic mass is 9.97. The molecule has 0 radical (unpaired) electrons. The highest BCUT2D eigenvalue weighted by molar-refractivity contribution is 8.00. The van der Waals surface area contributed by atoms with Crippen molar-refractivity contribution in [2.45, 2.75) is 49.4 Å². The van der Waals surface area contributed by atoms with E-state index in [2.05, 4.69) is 31.6 Å². The molecule has 2 aromatic rings. The molecule has 0 spiro atoms. The number of nitrogens with one attached hydrogen (secondary N) is 2. The zero-order valence-corrected chi connectivity index (χ0v) is 15.2. The third-order valence-electron chi connectivity index (χ3n) is 4.20. The first kappa shape index (κ1) is 17.7. The summed E-state index contributed by atoms with van der Waals surface area (Å²) in [5.74, 6) is 0.707. The fourth-order valence-corrected chi connectivity index (χ4v) is 3.52. The van der Waals surface area contributed by atoms with E-state index in [1.807, 2.05) is 19.1 Å². The number of carbonyl (C=O) groups is 1. The summed E-state index contributed by atoms with van der Waals surface area (Å²) in [6.45, 7) is 2.58. The van der Waals surface area contributed by atoms with E-state index in [-0.39, 0.29) is 11.2 Å². The summed E-state index contributed by atoms with van der Waals surface area (Å²) in [6, 6.07) is 3.73. The Labute approximate surface area is 151 Å².